The molecule has 0 aromatic heterocycles. The fourth-order valence-electron chi connectivity index (χ4n) is 3.23. The molecule has 9 heteroatoms. The van der Waals surface area contributed by atoms with Crippen molar-refractivity contribution in [2.45, 2.75) is 26.3 Å². The van der Waals surface area contributed by atoms with Crippen LogP contribution in [0, 0.1) is 0 Å². The van der Waals surface area contributed by atoms with Crippen LogP contribution in [0.3, 0.4) is 0 Å². The lowest BCUT2D eigenvalue weighted by molar-refractivity contribution is -0.139. The van der Waals surface area contributed by atoms with E-state index in [1.54, 1.807) is 55.6 Å². The Morgan fingerprint density at radius 2 is 1.65 bits per heavy atom. The summed E-state index contributed by atoms with van der Waals surface area (Å²) in [4.78, 5) is 36.2. The van der Waals surface area contributed by atoms with Crippen molar-refractivity contribution in [2.24, 2.45) is 5.10 Å². The summed E-state index contributed by atoms with van der Waals surface area (Å²) in [7, 11) is 1.55. The van der Waals surface area contributed by atoms with E-state index in [-0.39, 0.29) is 19.1 Å². The number of methoxy groups -OCH3 is 1. The quantitative estimate of drug-likeness (QED) is 0.222. The van der Waals surface area contributed by atoms with Crippen LogP contribution in [0.1, 0.15) is 36.5 Å². The Bertz CT molecular complexity index is 1260. The largest absolute Gasteiger partial charge is 0.497 e. The first-order valence-corrected chi connectivity index (χ1v) is 11.7. The van der Waals surface area contributed by atoms with Crippen molar-refractivity contribution in [1.29, 1.82) is 0 Å². The van der Waals surface area contributed by atoms with Gasteiger partial charge in [0.05, 0.1) is 13.3 Å². The molecule has 192 valence electrons. The average molecular weight is 503 g/mol. The molecule has 0 heterocycles. The van der Waals surface area contributed by atoms with E-state index < -0.39 is 11.8 Å². The zero-order chi connectivity index (χ0) is 26.6. The fraction of sp³-hybridized carbons (Fsp3) is 0.214. The van der Waals surface area contributed by atoms with Gasteiger partial charge in [0.15, 0.2) is 6.61 Å². The first-order valence-electron chi connectivity index (χ1n) is 11.7. The number of nitrogens with zero attached hydrogens (tertiary/aromatic N) is 1. The summed E-state index contributed by atoms with van der Waals surface area (Å²) in [5, 5.41) is 9.12. The smallest absolute Gasteiger partial charge is 0.329 e. The van der Waals surface area contributed by atoms with Gasteiger partial charge in [-0.2, -0.15) is 5.10 Å². The van der Waals surface area contributed by atoms with Crippen LogP contribution < -0.4 is 25.5 Å². The van der Waals surface area contributed by atoms with Crippen molar-refractivity contribution in [3.8, 4) is 11.5 Å². The van der Waals surface area contributed by atoms with Crippen LogP contribution in [0.2, 0.25) is 0 Å². The Balaban J connectivity index is 1.43. The van der Waals surface area contributed by atoms with Gasteiger partial charge in [0.1, 0.15) is 11.5 Å². The third kappa shape index (κ3) is 8.81. The molecule has 3 N–H and O–H groups in total. The molecule has 37 heavy (non-hydrogen) atoms. The second-order valence-electron chi connectivity index (χ2n) is 8.42. The summed E-state index contributed by atoms with van der Waals surface area (Å²) in [6.07, 6.45) is 1.37. The highest BCUT2D eigenvalue weighted by atomic mass is 16.5. The summed E-state index contributed by atoms with van der Waals surface area (Å²) < 4.78 is 10.7. The van der Waals surface area contributed by atoms with Crippen LogP contribution >= 0.6 is 0 Å². The Morgan fingerprint density at radius 1 is 0.919 bits per heavy atom. The average Bonchev–Trinajstić information content (AvgIpc) is 2.91. The standard InChI is InChI=1S/C28H30N4O5/c1-19(2)22-12-10-20(11-13-22)16-29-27(34)28(35)32-30-17-21-6-4-9-25(14-21)37-18-26(33)31-23-7-5-8-24(15-23)36-3/h4-15,17,19H,16,18H2,1-3H3,(H,29,34)(H,31,33)(H,32,35)/b30-17-. The number of rotatable bonds is 10. The Labute approximate surface area is 215 Å². The lowest BCUT2D eigenvalue weighted by Crippen LogP contribution is -2.37. The summed E-state index contributed by atoms with van der Waals surface area (Å²) in [5.41, 5.74) is 5.50. The zero-order valence-electron chi connectivity index (χ0n) is 21.0. The van der Waals surface area contributed by atoms with Crippen molar-refractivity contribution in [3.05, 3.63) is 89.5 Å². The van der Waals surface area contributed by atoms with Gasteiger partial charge in [0, 0.05) is 18.3 Å². The molecule has 0 saturated carbocycles. The number of carbonyl (C=O) groups is 3. The minimum Gasteiger partial charge on any atom is -0.497 e. The van der Waals surface area contributed by atoms with Crippen molar-refractivity contribution >= 4 is 29.6 Å². The number of ether oxygens (including phenoxy) is 2. The molecule has 0 spiro atoms. The van der Waals surface area contributed by atoms with Gasteiger partial charge in [0.2, 0.25) is 0 Å². The SMILES string of the molecule is COc1cccc(NC(=O)COc2cccc(/C=N\NC(=O)C(=O)NCc3ccc(C(C)C)cc3)c2)c1. The molecular formula is C28H30N4O5. The molecule has 3 amide bonds. The number of nitrogens with one attached hydrogen (secondary N) is 3. The zero-order valence-corrected chi connectivity index (χ0v) is 21.0. The third-order valence-electron chi connectivity index (χ3n) is 5.27. The maximum atomic E-state index is 12.2. The lowest BCUT2D eigenvalue weighted by atomic mass is 10.0. The van der Waals surface area contributed by atoms with Gasteiger partial charge in [0.25, 0.3) is 5.91 Å². The van der Waals surface area contributed by atoms with Crippen LogP contribution in [0.5, 0.6) is 11.5 Å². The van der Waals surface area contributed by atoms with Gasteiger partial charge in [-0.1, -0.05) is 56.3 Å². The predicted molar refractivity (Wildman–Crippen MR) is 142 cm³/mol. The predicted octanol–water partition coefficient (Wildman–Crippen LogP) is 3.60. The topological polar surface area (TPSA) is 118 Å². The molecule has 0 radical (unpaired) electrons. The number of carbonyl (C=O) groups excluding carboxylic acids is 3. The van der Waals surface area contributed by atoms with Gasteiger partial charge >= 0.3 is 11.8 Å². The number of amides is 3. The van der Waals surface area contributed by atoms with E-state index >= 15 is 0 Å². The highest BCUT2D eigenvalue weighted by Crippen LogP contribution is 2.17. The maximum absolute atomic E-state index is 12.2. The first kappa shape index (κ1) is 26.9. The van der Waals surface area contributed by atoms with Crippen LogP contribution in [0.15, 0.2) is 77.9 Å². The number of benzene rings is 3. The molecule has 0 aliphatic rings. The molecule has 0 atom stereocenters. The van der Waals surface area contributed by atoms with Gasteiger partial charge < -0.3 is 20.1 Å². The van der Waals surface area contributed by atoms with E-state index in [4.69, 9.17) is 9.47 Å². The number of hydrogen-bond donors (Lipinski definition) is 3. The van der Waals surface area contributed by atoms with Gasteiger partial charge in [-0.25, -0.2) is 5.43 Å². The van der Waals surface area contributed by atoms with Crippen molar-refractivity contribution in [1.82, 2.24) is 10.7 Å². The molecule has 0 bridgehead atoms. The molecule has 3 aromatic rings. The number of hydrogen-bond acceptors (Lipinski definition) is 6. The molecule has 0 aliphatic heterocycles. The van der Waals surface area contributed by atoms with Crippen LogP contribution in [-0.4, -0.2) is 37.7 Å². The second kappa shape index (κ2) is 13.4. The van der Waals surface area contributed by atoms with E-state index in [1.807, 2.05) is 24.3 Å². The minimum absolute atomic E-state index is 0.199. The third-order valence-corrected chi connectivity index (χ3v) is 5.27. The number of anilines is 1. The fourth-order valence-corrected chi connectivity index (χ4v) is 3.23. The Kier molecular flexibility index (Phi) is 9.78. The molecule has 0 saturated heterocycles. The van der Waals surface area contributed by atoms with Gasteiger partial charge in [-0.15, -0.1) is 0 Å². The number of hydrazone groups is 1. The van der Waals surface area contributed by atoms with Gasteiger partial charge in [-0.3, -0.25) is 14.4 Å². The maximum Gasteiger partial charge on any atom is 0.329 e. The highest BCUT2D eigenvalue weighted by Gasteiger charge is 2.12. The Morgan fingerprint density at radius 3 is 2.38 bits per heavy atom. The minimum atomic E-state index is -0.878. The van der Waals surface area contributed by atoms with E-state index in [0.717, 1.165) is 5.56 Å². The van der Waals surface area contributed by atoms with Crippen molar-refractivity contribution in [2.75, 3.05) is 19.0 Å². The summed E-state index contributed by atoms with van der Waals surface area (Å²) >= 11 is 0. The monoisotopic (exact) mass is 502 g/mol. The van der Waals surface area contributed by atoms with Crippen molar-refractivity contribution in [3.63, 3.8) is 0 Å². The normalized spacial score (nSPS) is 10.7. The van der Waals surface area contributed by atoms with E-state index in [2.05, 4.69) is 35.0 Å². The van der Waals surface area contributed by atoms with Crippen LogP contribution in [0.4, 0.5) is 5.69 Å². The van der Waals surface area contributed by atoms with E-state index in [0.29, 0.717) is 28.7 Å². The highest BCUT2D eigenvalue weighted by molar-refractivity contribution is 6.35. The van der Waals surface area contributed by atoms with Gasteiger partial charge in [-0.05, 0) is 46.9 Å². The summed E-state index contributed by atoms with van der Waals surface area (Å²) in [5.74, 6) is -0.505. The molecular weight excluding hydrogens is 472 g/mol. The molecule has 0 fully saturated rings. The molecule has 0 unspecified atom stereocenters. The second-order valence-corrected chi connectivity index (χ2v) is 8.42. The molecule has 3 aromatic carbocycles. The van der Waals surface area contributed by atoms with E-state index in [1.165, 1.54) is 11.8 Å². The lowest BCUT2D eigenvalue weighted by Gasteiger charge is -2.09. The summed E-state index contributed by atoms with van der Waals surface area (Å²) in [6, 6.07) is 21.6. The Hall–Kier alpha value is -4.66. The van der Waals surface area contributed by atoms with E-state index in [9.17, 15) is 14.4 Å². The molecule has 0 aliphatic carbocycles. The molecule has 3 rings (SSSR count). The van der Waals surface area contributed by atoms with Crippen molar-refractivity contribution < 1.29 is 23.9 Å². The first-order chi connectivity index (χ1) is 17.8. The van der Waals surface area contributed by atoms with Crippen LogP contribution in [-0.2, 0) is 20.9 Å². The summed E-state index contributed by atoms with van der Waals surface area (Å²) in [6.45, 7) is 4.25. The van der Waals surface area contributed by atoms with Crippen LogP contribution in [0.25, 0.3) is 0 Å². The molecule has 9 nitrogen and oxygen atoms in total.